The van der Waals surface area contributed by atoms with Crippen LogP contribution in [0.5, 0.6) is 17.2 Å². The van der Waals surface area contributed by atoms with Crippen molar-refractivity contribution in [1.29, 1.82) is 0 Å². The molecule has 0 radical (unpaired) electrons. The maximum atomic E-state index is 5.57. The van der Waals surface area contributed by atoms with Gasteiger partial charge in [-0.05, 0) is 35.4 Å². The molecule has 29 heavy (non-hydrogen) atoms. The van der Waals surface area contributed by atoms with Gasteiger partial charge in [0, 0.05) is 27.2 Å². The minimum atomic E-state index is 0. The zero-order valence-electron chi connectivity index (χ0n) is 17.4. The predicted octanol–water partition coefficient (Wildman–Crippen LogP) is 3.21. The Balaban J connectivity index is 0.00000420. The molecule has 0 aromatic heterocycles. The molecule has 2 aromatic carbocycles. The van der Waals surface area contributed by atoms with E-state index in [1.54, 1.807) is 28.4 Å². The van der Waals surface area contributed by atoms with Gasteiger partial charge in [-0.15, -0.1) is 24.0 Å². The summed E-state index contributed by atoms with van der Waals surface area (Å²) < 4.78 is 21.2. The molecule has 0 heterocycles. The average Bonchev–Trinajstić information content (AvgIpc) is 2.74. The molecule has 0 unspecified atom stereocenters. The molecule has 0 aliphatic carbocycles. The van der Waals surface area contributed by atoms with Crippen molar-refractivity contribution in [2.75, 3.05) is 41.6 Å². The normalized spacial score (nSPS) is 10.7. The summed E-state index contributed by atoms with van der Waals surface area (Å²) in [5.74, 6) is 2.97. The molecule has 0 saturated carbocycles. The number of aliphatic imine (C=N–C) groups is 1. The molecule has 2 aromatic rings. The molecule has 8 heteroatoms. The van der Waals surface area contributed by atoms with Crippen LogP contribution in [0.15, 0.2) is 47.5 Å². The lowest BCUT2D eigenvalue weighted by Crippen LogP contribution is -2.36. The molecule has 0 spiro atoms. The zero-order valence-corrected chi connectivity index (χ0v) is 19.7. The molecule has 2 N–H and O–H groups in total. The van der Waals surface area contributed by atoms with Crippen LogP contribution in [0.2, 0.25) is 0 Å². The van der Waals surface area contributed by atoms with E-state index in [2.05, 4.69) is 15.6 Å². The van der Waals surface area contributed by atoms with Crippen molar-refractivity contribution in [2.24, 2.45) is 4.99 Å². The van der Waals surface area contributed by atoms with Crippen molar-refractivity contribution in [3.8, 4) is 17.2 Å². The number of ether oxygens (including phenoxy) is 4. The first-order valence-corrected chi connectivity index (χ1v) is 9.06. The number of benzene rings is 2. The third-order valence-electron chi connectivity index (χ3n) is 4.07. The van der Waals surface area contributed by atoms with Gasteiger partial charge in [0.25, 0.3) is 0 Å². The van der Waals surface area contributed by atoms with Crippen molar-refractivity contribution in [2.45, 2.75) is 13.1 Å². The smallest absolute Gasteiger partial charge is 0.191 e. The first-order chi connectivity index (χ1) is 13.7. The van der Waals surface area contributed by atoms with E-state index in [9.17, 15) is 0 Å². The van der Waals surface area contributed by atoms with E-state index in [-0.39, 0.29) is 24.0 Å². The van der Waals surface area contributed by atoms with Crippen LogP contribution in [0.1, 0.15) is 11.1 Å². The fourth-order valence-corrected chi connectivity index (χ4v) is 2.53. The number of hydrogen-bond acceptors (Lipinski definition) is 5. The molecule has 0 aliphatic heterocycles. The largest absolute Gasteiger partial charge is 0.493 e. The fraction of sp³-hybridized carbons (Fsp3) is 0.381. The molecule has 0 amide bonds. The van der Waals surface area contributed by atoms with Gasteiger partial charge in [0.1, 0.15) is 12.4 Å². The Morgan fingerprint density at radius 3 is 2.03 bits per heavy atom. The summed E-state index contributed by atoms with van der Waals surface area (Å²) in [5, 5.41) is 6.60. The number of nitrogens with zero attached hydrogens (tertiary/aromatic N) is 1. The second-order valence-corrected chi connectivity index (χ2v) is 5.95. The Hall–Kier alpha value is -2.20. The number of hydrogen-bond donors (Lipinski definition) is 2. The highest BCUT2D eigenvalue weighted by Crippen LogP contribution is 2.27. The minimum absolute atomic E-state index is 0. The van der Waals surface area contributed by atoms with E-state index in [4.69, 9.17) is 18.9 Å². The van der Waals surface area contributed by atoms with Crippen LogP contribution in [0.3, 0.4) is 0 Å². The predicted molar refractivity (Wildman–Crippen MR) is 126 cm³/mol. The monoisotopic (exact) mass is 515 g/mol. The lowest BCUT2D eigenvalue weighted by Gasteiger charge is -2.14. The van der Waals surface area contributed by atoms with Gasteiger partial charge in [0.05, 0.1) is 20.8 Å². The number of methoxy groups -OCH3 is 3. The van der Waals surface area contributed by atoms with Crippen LogP contribution >= 0.6 is 24.0 Å². The van der Waals surface area contributed by atoms with Gasteiger partial charge in [-0.1, -0.05) is 18.2 Å². The molecule has 0 saturated heterocycles. The molecule has 0 fully saturated rings. The average molecular weight is 515 g/mol. The summed E-state index contributed by atoms with van der Waals surface area (Å²) in [6.45, 7) is 2.39. The van der Waals surface area contributed by atoms with Crippen LogP contribution in [-0.2, 0) is 17.8 Å². The van der Waals surface area contributed by atoms with Crippen LogP contribution in [-0.4, -0.2) is 47.6 Å². The quantitative estimate of drug-likeness (QED) is 0.219. The third kappa shape index (κ3) is 8.36. The van der Waals surface area contributed by atoms with Crippen LogP contribution < -0.4 is 24.8 Å². The second kappa shape index (κ2) is 13.9. The molecule has 2 rings (SSSR count). The van der Waals surface area contributed by atoms with Gasteiger partial charge in [-0.25, -0.2) is 0 Å². The van der Waals surface area contributed by atoms with Gasteiger partial charge < -0.3 is 29.6 Å². The maximum Gasteiger partial charge on any atom is 0.191 e. The Morgan fingerprint density at radius 1 is 0.828 bits per heavy atom. The van der Waals surface area contributed by atoms with Crippen molar-refractivity contribution in [1.82, 2.24) is 10.6 Å². The Kier molecular flexibility index (Phi) is 11.9. The number of rotatable bonds is 10. The van der Waals surface area contributed by atoms with Crippen molar-refractivity contribution >= 4 is 29.9 Å². The van der Waals surface area contributed by atoms with Gasteiger partial charge in [0.15, 0.2) is 17.5 Å². The second-order valence-electron chi connectivity index (χ2n) is 5.95. The van der Waals surface area contributed by atoms with Crippen LogP contribution in [0.25, 0.3) is 0 Å². The Labute approximate surface area is 189 Å². The summed E-state index contributed by atoms with van der Waals surface area (Å²) in [5.41, 5.74) is 2.20. The van der Waals surface area contributed by atoms with Crippen LogP contribution in [0, 0.1) is 0 Å². The SMILES string of the molecule is CN=C(NCc1ccc(OCCOC)cc1)NCc1ccc(OC)c(OC)c1.I. The van der Waals surface area contributed by atoms with Crippen LogP contribution in [0.4, 0.5) is 0 Å². The number of nitrogens with one attached hydrogen (secondary N) is 2. The third-order valence-corrected chi connectivity index (χ3v) is 4.07. The summed E-state index contributed by atoms with van der Waals surface area (Å²) in [6.07, 6.45) is 0. The van der Waals surface area contributed by atoms with E-state index in [0.717, 1.165) is 22.8 Å². The van der Waals surface area contributed by atoms with Crippen molar-refractivity contribution in [3.63, 3.8) is 0 Å². The van der Waals surface area contributed by atoms with Crippen molar-refractivity contribution < 1.29 is 18.9 Å². The summed E-state index contributed by atoms with van der Waals surface area (Å²) in [7, 11) is 6.66. The Bertz CT molecular complexity index is 754. The number of halogens is 1. The molecular weight excluding hydrogens is 485 g/mol. The zero-order chi connectivity index (χ0) is 20.2. The Morgan fingerprint density at radius 2 is 1.45 bits per heavy atom. The molecule has 0 aliphatic rings. The highest BCUT2D eigenvalue weighted by Gasteiger charge is 2.05. The summed E-state index contributed by atoms with van der Waals surface area (Å²) in [4.78, 5) is 4.26. The lowest BCUT2D eigenvalue weighted by molar-refractivity contribution is 0.146. The first-order valence-electron chi connectivity index (χ1n) is 9.06. The van der Waals surface area contributed by atoms with E-state index in [1.807, 2.05) is 42.5 Å². The summed E-state index contributed by atoms with van der Waals surface area (Å²) in [6, 6.07) is 13.8. The fourth-order valence-electron chi connectivity index (χ4n) is 2.53. The standard InChI is InChI=1S/C21H29N3O4.HI/c1-22-21(24-15-17-7-10-19(26-3)20(13-17)27-4)23-14-16-5-8-18(9-6-16)28-12-11-25-2;/h5-10,13H,11-12,14-15H2,1-4H3,(H2,22,23,24);1H. The lowest BCUT2D eigenvalue weighted by atomic mass is 10.2. The maximum absolute atomic E-state index is 5.57. The molecule has 0 atom stereocenters. The van der Waals surface area contributed by atoms with Gasteiger partial charge in [-0.2, -0.15) is 0 Å². The highest BCUT2D eigenvalue weighted by atomic mass is 127. The minimum Gasteiger partial charge on any atom is -0.493 e. The van der Waals surface area contributed by atoms with Crippen molar-refractivity contribution in [3.05, 3.63) is 53.6 Å². The van der Waals surface area contributed by atoms with Gasteiger partial charge >= 0.3 is 0 Å². The molecule has 160 valence electrons. The van der Waals surface area contributed by atoms with E-state index < -0.39 is 0 Å². The topological polar surface area (TPSA) is 73.3 Å². The summed E-state index contributed by atoms with van der Waals surface area (Å²) >= 11 is 0. The number of guanidine groups is 1. The van der Waals surface area contributed by atoms with Gasteiger partial charge in [0.2, 0.25) is 0 Å². The highest BCUT2D eigenvalue weighted by molar-refractivity contribution is 14.0. The van der Waals surface area contributed by atoms with E-state index in [1.165, 1.54) is 0 Å². The molecular formula is C21H30IN3O4. The van der Waals surface area contributed by atoms with E-state index in [0.29, 0.717) is 37.8 Å². The molecule has 7 nitrogen and oxygen atoms in total. The van der Waals surface area contributed by atoms with Gasteiger partial charge in [-0.3, -0.25) is 4.99 Å². The first kappa shape index (κ1) is 24.8. The molecule has 0 bridgehead atoms. The van der Waals surface area contributed by atoms with E-state index >= 15 is 0 Å².